The number of carbonyl (C=O) groups is 2. The number of benzene rings is 2. The Hall–Kier alpha value is -3.42. The van der Waals surface area contributed by atoms with Crippen LogP contribution in [0.4, 0.5) is 0 Å². The highest BCUT2D eigenvalue weighted by Crippen LogP contribution is 2.32. The van der Waals surface area contributed by atoms with E-state index in [9.17, 15) is 9.59 Å². The largest absolute Gasteiger partial charge is 0.466 e. The number of nitrogens with zero attached hydrogens (tertiary/aromatic N) is 3. The minimum absolute atomic E-state index is 0.0115. The highest BCUT2D eigenvalue weighted by molar-refractivity contribution is 6.01. The number of esters is 1. The van der Waals surface area contributed by atoms with Crippen LogP contribution in [0.2, 0.25) is 0 Å². The van der Waals surface area contributed by atoms with E-state index in [0.29, 0.717) is 13.2 Å². The Balaban J connectivity index is 1.40. The van der Waals surface area contributed by atoms with E-state index in [1.807, 2.05) is 49.4 Å². The molecule has 2 aromatic carbocycles. The monoisotopic (exact) mass is 514 g/mol. The van der Waals surface area contributed by atoms with Gasteiger partial charge in [-0.05, 0) is 63.5 Å². The highest BCUT2D eigenvalue weighted by Gasteiger charge is 2.34. The Bertz CT molecular complexity index is 1230. The fraction of sp³-hybridized carbons (Fsp3) is 0.419. The normalized spacial score (nSPS) is 18.9. The smallest absolute Gasteiger partial charge is 0.309 e. The number of aryl methyl sites for hydroxylation is 1. The standard InChI is InChI=1S/C31H38N4O3/c1-3-38-31(37)25-14-17-33(18-15-25)22-27-21-32-16-19-34(27)30(36)28-20-23(2)35(26-12-8-5-9-13-26)29(28)24-10-6-4-7-11-24/h4-13,20,25,27,32H,3,14-19,21-22H2,1-2H3/t27-/m0/s1. The number of amides is 1. The van der Waals surface area contributed by atoms with Gasteiger partial charge in [-0.1, -0.05) is 48.5 Å². The van der Waals surface area contributed by atoms with Crippen molar-refractivity contribution in [2.75, 3.05) is 45.9 Å². The summed E-state index contributed by atoms with van der Waals surface area (Å²) >= 11 is 0. The molecular formula is C31H38N4O3. The van der Waals surface area contributed by atoms with Gasteiger partial charge in [0.25, 0.3) is 5.91 Å². The summed E-state index contributed by atoms with van der Waals surface area (Å²) in [6, 6.07) is 22.6. The quantitative estimate of drug-likeness (QED) is 0.480. The zero-order valence-corrected chi connectivity index (χ0v) is 22.4. The van der Waals surface area contributed by atoms with Gasteiger partial charge in [0.1, 0.15) is 0 Å². The Morgan fingerprint density at radius 1 is 0.974 bits per heavy atom. The maximum atomic E-state index is 14.3. The van der Waals surface area contributed by atoms with Gasteiger partial charge in [0.15, 0.2) is 0 Å². The van der Waals surface area contributed by atoms with Crippen molar-refractivity contribution >= 4 is 11.9 Å². The summed E-state index contributed by atoms with van der Waals surface area (Å²) in [5.41, 5.74) is 4.79. The lowest BCUT2D eigenvalue weighted by Gasteiger charge is -2.40. The first-order valence-electron chi connectivity index (χ1n) is 13.8. The fourth-order valence-corrected chi connectivity index (χ4v) is 5.85. The molecule has 1 atom stereocenters. The summed E-state index contributed by atoms with van der Waals surface area (Å²) in [6.45, 7) is 9.07. The van der Waals surface area contributed by atoms with Crippen molar-refractivity contribution < 1.29 is 14.3 Å². The molecule has 3 aromatic rings. The SMILES string of the molecule is CCOC(=O)C1CCN(C[C@@H]2CNCCN2C(=O)c2cc(C)n(-c3ccccc3)c2-c2ccccc2)CC1. The van der Waals surface area contributed by atoms with Gasteiger partial charge in [-0.2, -0.15) is 0 Å². The van der Waals surface area contributed by atoms with Crippen LogP contribution in [-0.2, 0) is 9.53 Å². The van der Waals surface area contributed by atoms with Crippen molar-refractivity contribution in [2.24, 2.45) is 5.92 Å². The summed E-state index contributed by atoms with van der Waals surface area (Å²) in [7, 11) is 0. The second-order valence-corrected chi connectivity index (χ2v) is 10.3. The molecule has 0 bridgehead atoms. The number of hydrogen-bond acceptors (Lipinski definition) is 5. The van der Waals surface area contributed by atoms with Crippen LogP contribution in [0.25, 0.3) is 16.9 Å². The lowest BCUT2D eigenvalue weighted by Crippen LogP contribution is -2.58. The van der Waals surface area contributed by atoms with E-state index in [1.54, 1.807) is 0 Å². The van der Waals surface area contributed by atoms with E-state index in [4.69, 9.17) is 4.74 Å². The van der Waals surface area contributed by atoms with Crippen LogP contribution >= 0.6 is 0 Å². The number of nitrogens with one attached hydrogen (secondary N) is 1. The van der Waals surface area contributed by atoms with Crippen molar-refractivity contribution in [1.82, 2.24) is 19.7 Å². The average Bonchev–Trinajstić information content (AvgIpc) is 3.31. The van der Waals surface area contributed by atoms with Crippen molar-refractivity contribution in [2.45, 2.75) is 32.7 Å². The van der Waals surface area contributed by atoms with E-state index in [-0.39, 0.29) is 23.8 Å². The molecule has 3 heterocycles. The number of aromatic nitrogens is 1. The van der Waals surface area contributed by atoms with E-state index in [1.165, 1.54) is 0 Å². The number of piperidine rings is 1. The van der Waals surface area contributed by atoms with Crippen LogP contribution in [0.5, 0.6) is 0 Å². The second-order valence-electron chi connectivity index (χ2n) is 10.3. The minimum atomic E-state index is -0.0740. The summed E-state index contributed by atoms with van der Waals surface area (Å²) in [6.07, 6.45) is 1.62. The maximum absolute atomic E-state index is 14.3. The third-order valence-electron chi connectivity index (χ3n) is 7.76. The van der Waals surface area contributed by atoms with Crippen LogP contribution in [0.1, 0.15) is 35.8 Å². The topological polar surface area (TPSA) is 66.8 Å². The lowest BCUT2D eigenvalue weighted by molar-refractivity contribution is -0.149. The zero-order valence-electron chi connectivity index (χ0n) is 22.4. The van der Waals surface area contributed by atoms with Crippen molar-refractivity contribution in [3.63, 3.8) is 0 Å². The van der Waals surface area contributed by atoms with Crippen LogP contribution in [0.3, 0.4) is 0 Å². The van der Waals surface area contributed by atoms with Crippen molar-refractivity contribution in [3.8, 4) is 16.9 Å². The molecule has 1 N–H and O–H groups in total. The highest BCUT2D eigenvalue weighted by atomic mass is 16.5. The summed E-state index contributed by atoms with van der Waals surface area (Å²) in [4.78, 5) is 30.9. The van der Waals surface area contributed by atoms with Gasteiger partial charge in [-0.25, -0.2) is 0 Å². The lowest BCUT2D eigenvalue weighted by atomic mass is 9.96. The van der Waals surface area contributed by atoms with Crippen LogP contribution in [0, 0.1) is 12.8 Å². The number of rotatable bonds is 7. The minimum Gasteiger partial charge on any atom is -0.466 e. The third-order valence-corrected chi connectivity index (χ3v) is 7.76. The molecule has 1 amide bonds. The van der Waals surface area contributed by atoms with Gasteiger partial charge in [0.2, 0.25) is 0 Å². The van der Waals surface area contributed by atoms with Crippen molar-refractivity contribution in [1.29, 1.82) is 0 Å². The average molecular weight is 515 g/mol. The molecule has 2 saturated heterocycles. The zero-order chi connectivity index (χ0) is 26.5. The molecule has 0 spiro atoms. The fourth-order valence-electron chi connectivity index (χ4n) is 5.85. The van der Waals surface area contributed by atoms with Crippen LogP contribution in [-0.4, -0.2) is 78.2 Å². The number of ether oxygens (including phenoxy) is 1. The van der Waals surface area contributed by atoms with Gasteiger partial charge < -0.3 is 24.4 Å². The molecular weight excluding hydrogens is 476 g/mol. The molecule has 2 aliphatic heterocycles. The van der Waals surface area contributed by atoms with Crippen LogP contribution in [0.15, 0.2) is 66.7 Å². The van der Waals surface area contributed by atoms with Gasteiger partial charge in [0.05, 0.1) is 29.8 Å². The van der Waals surface area contributed by atoms with Gasteiger partial charge in [-0.15, -0.1) is 0 Å². The molecule has 5 rings (SSSR count). The first-order valence-corrected chi connectivity index (χ1v) is 13.8. The first-order chi connectivity index (χ1) is 18.6. The third kappa shape index (κ3) is 5.54. The predicted octanol–water partition coefficient (Wildman–Crippen LogP) is 4.14. The van der Waals surface area contributed by atoms with E-state index in [0.717, 1.165) is 73.8 Å². The molecule has 200 valence electrons. The second kappa shape index (κ2) is 12.0. The van der Waals surface area contributed by atoms with Crippen LogP contribution < -0.4 is 5.32 Å². The number of hydrogen-bond donors (Lipinski definition) is 1. The summed E-state index contributed by atoms with van der Waals surface area (Å²) < 4.78 is 7.43. The Morgan fingerprint density at radius 2 is 1.66 bits per heavy atom. The Labute approximate surface area is 225 Å². The molecule has 0 unspecified atom stereocenters. The molecule has 0 aliphatic carbocycles. The Kier molecular flexibility index (Phi) is 8.25. The predicted molar refractivity (Wildman–Crippen MR) is 149 cm³/mol. The maximum Gasteiger partial charge on any atom is 0.309 e. The number of para-hydroxylation sites is 1. The number of carbonyl (C=O) groups excluding carboxylic acids is 2. The van der Waals surface area contributed by atoms with Gasteiger partial charge >= 0.3 is 5.97 Å². The van der Waals surface area contributed by atoms with Gasteiger partial charge in [0, 0.05) is 37.6 Å². The van der Waals surface area contributed by atoms with E-state index in [2.05, 4.69) is 50.9 Å². The summed E-state index contributed by atoms with van der Waals surface area (Å²) in [5.74, 6) is -0.00727. The van der Waals surface area contributed by atoms with E-state index < -0.39 is 0 Å². The number of piperazine rings is 1. The molecule has 2 aliphatic rings. The molecule has 0 radical (unpaired) electrons. The molecule has 2 fully saturated rings. The van der Waals surface area contributed by atoms with Crippen molar-refractivity contribution in [3.05, 3.63) is 78.0 Å². The first kappa shape index (κ1) is 26.2. The molecule has 0 saturated carbocycles. The molecule has 7 heteroatoms. The molecule has 7 nitrogen and oxygen atoms in total. The van der Waals surface area contributed by atoms with E-state index >= 15 is 0 Å². The molecule has 38 heavy (non-hydrogen) atoms. The number of likely N-dealkylation sites (tertiary alicyclic amines) is 1. The van der Waals surface area contributed by atoms with Gasteiger partial charge in [-0.3, -0.25) is 9.59 Å². The Morgan fingerprint density at radius 3 is 2.34 bits per heavy atom. The molecule has 1 aromatic heterocycles. The summed E-state index contributed by atoms with van der Waals surface area (Å²) in [5, 5.41) is 3.49.